The minimum Gasteiger partial charge on any atom is -0.495 e. The van der Waals surface area contributed by atoms with Crippen LogP contribution in [-0.4, -0.2) is 81.9 Å². The second-order valence-corrected chi connectivity index (χ2v) is 8.34. The number of piperidine rings is 1. The van der Waals surface area contributed by atoms with Gasteiger partial charge in [-0.2, -0.15) is 10.1 Å². The lowest BCUT2D eigenvalue weighted by molar-refractivity contribution is 0.193. The van der Waals surface area contributed by atoms with Gasteiger partial charge < -0.3 is 26.0 Å². The van der Waals surface area contributed by atoms with Gasteiger partial charge in [0, 0.05) is 19.3 Å². The maximum absolute atomic E-state index is 6.05. The highest BCUT2D eigenvalue weighted by molar-refractivity contribution is 5.85. The fourth-order valence-corrected chi connectivity index (χ4v) is 4.15. The van der Waals surface area contributed by atoms with E-state index in [1.807, 2.05) is 6.20 Å². The number of methoxy groups -OCH3 is 1. The highest BCUT2D eigenvalue weighted by atomic mass is 16.5. The highest BCUT2D eigenvalue weighted by Gasteiger charge is 2.22. The molecular formula is C21H31N9O. The van der Waals surface area contributed by atoms with E-state index in [4.69, 9.17) is 21.2 Å². The molecule has 3 aromatic heterocycles. The minimum absolute atomic E-state index is 0.136. The number of hydrogen-bond donors (Lipinski definition) is 2. The molecule has 0 saturated carbocycles. The van der Waals surface area contributed by atoms with Crippen molar-refractivity contribution in [3.8, 4) is 5.75 Å². The van der Waals surface area contributed by atoms with Crippen LogP contribution in [0.4, 0.5) is 11.8 Å². The molecule has 1 fully saturated rings. The summed E-state index contributed by atoms with van der Waals surface area (Å²) in [7, 11) is 5.91. The number of likely N-dealkylation sites (N-methyl/N-ethyl adjacent to an activating group) is 1. The summed E-state index contributed by atoms with van der Waals surface area (Å²) in [6, 6.07) is 2.12. The number of hydrogen-bond acceptors (Lipinski definition) is 9. The molecule has 4 N–H and O–H groups in total. The fraction of sp³-hybridized carbons (Fsp3) is 0.524. The first-order chi connectivity index (χ1) is 14.9. The monoisotopic (exact) mass is 425 g/mol. The molecule has 0 amide bonds. The number of fused-ring (bicyclic) bond motifs is 1. The first-order valence-corrected chi connectivity index (χ1v) is 10.6. The number of nitrogens with zero attached hydrogens (tertiary/aromatic N) is 7. The van der Waals surface area contributed by atoms with Gasteiger partial charge in [-0.15, -0.1) is 0 Å². The third kappa shape index (κ3) is 4.70. The van der Waals surface area contributed by atoms with Crippen molar-refractivity contribution in [2.45, 2.75) is 25.3 Å². The van der Waals surface area contributed by atoms with Crippen molar-refractivity contribution in [2.24, 2.45) is 0 Å². The summed E-state index contributed by atoms with van der Waals surface area (Å²) in [5.41, 5.74) is 15.0. The average molecular weight is 426 g/mol. The van der Waals surface area contributed by atoms with Crippen LogP contribution in [0.5, 0.6) is 5.75 Å². The van der Waals surface area contributed by atoms with Crippen molar-refractivity contribution in [3.63, 3.8) is 0 Å². The van der Waals surface area contributed by atoms with E-state index in [9.17, 15) is 0 Å². The molecule has 0 atom stereocenters. The number of ether oxygens (including phenoxy) is 1. The minimum atomic E-state index is 0.136. The zero-order chi connectivity index (χ0) is 22.0. The predicted octanol–water partition coefficient (Wildman–Crippen LogP) is 1.18. The van der Waals surface area contributed by atoms with Crippen molar-refractivity contribution in [3.05, 3.63) is 29.7 Å². The smallest absolute Gasteiger partial charge is 0.222 e. The summed E-state index contributed by atoms with van der Waals surface area (Å²) in [5.74, 6) is 1.70. The molecule has 0 aromatic carbocycles. The van der Waals surface area contributed by atoms with Gasteiger partial charge in [0.05, 0.1) is 19.9 Å². The summed E-state index contributed by atoms with van der Waals surface area (Å²) in [4.78, 5) is 17.7. The van der Waals surface area contributed by atoms with Crippen LogP contribution in [0.15, 0.2) is 18.5 Å². The van der Waals surface area contributed by atoms with Crippen LogP contribution in [0.3, 0.4) is 0 Å². The molecule has 10 nitrogen and oxygen atoms in total. The van der Waals surface area contributed by atoms with Crippen LogP contribution < -0.4 is 16.2 Å². The van der Waals surface area contributed by atoms with Crippen LogP contribution in [0.1, 0.15) is 30.0 Å². The molecule has 166 valence electrons. The third-order valence-electron chi connectivity index (χ3n) is 5.93. The van der Waals surface area contributed by atoms with Crippen LogP contribution in [-0.2, 0) is 6.54 Å². The number of pyridine rings is 1. The molecule has 4 rings (SSSR count). The molecule has 31 heavy (non-hydrogen) atoms. The number of aromatic nitrogens is 5. The Bertz CT molecular complexity index is 1040. The number of anilines is 2. The van der Waals surface area contributed by atoms with Gasteiger partial charge in [-0.25, -0.2) is 4.98 Å². The van der Waals surface area contributed by atoms with Gasteiger partial charge in [0.1, 0.15) is 22.5 Å². The Morgan fingerprint density at radius 1 is 1.16 bits per heavy atom. The van der Waals surface area contributed by atoms with Crippen molar-refractivity contribution >= 4 is 22.8 Å². The maximum atomic E-state index is 6.05. The van der Waals surface area contributed by atoms with Gasteiger partial charge in [-0.3, -0.25) is 9.67 Å². The van der Waals surface area contributed by atoms with Gasteiger partial charge in [0.15, 0.2) is 5.82 Å². The summed E-state index contributed by atoms with van der Waals surface area (Å²) in [5, 5.41) is 4.39. The predicted molar refractivity (Wildman–Crippen MR) is 121 cm³/mol. The quantitative estimate of drug-likeness (QED) is 0.574. The van der Waals surface area contributed by atoms with E-state index in [-0.39, 0.29) is 5.95 Å². The zero-order valence-corrected chi connectivity index (χ0v) is 18.5. The highest BCUT2D eigenvalue weighted by Crippen LogP contribution is 2.31. The zero-order valence-electron chi connectivity index (χ0n) is 18.5. The second kappa shape index (κ2) is 9.03. The second-order valence-electron chi connectivity index (χ2n) is 8.34. The maximum Gasteiger partial charge on any atom is 0.222 e. The van der Waals surface area contributed by atoms with E-state index in [2.05, 4.69) is 45.0 Å². The molecule has 0 spiro atoms. The standard InChI is InChI=1S/C21H31N9O/c1-28(2)8-9-29-6-4-14(5-7-29)15-10-18(31-3)17(24-11-15)13-30-19-16(12-25-30)26-21(23)27-20(19)22/h10-12,14H,4-9,13H2,1-3H3,(H4,22,23,26,27). The Balaban J connectivity index is 1.48. The molecule has 1 aliphatic heterocycles. The Labute approximate surface area is 182 Å². The Kier molecular flexibility index (Phi) is 6.19. The van der Waals surface area contributed by atoms with Crippen LogP contribution in [0, 0.1) is 0 Å². The van der Waals surface area contributed by atoms with Gasteiger partial charge >= 0.3 is 0 Å². The molecule has 0 bridgehead atoms. The first-order valence-electron chi connectivity index (χ1n) is 10.6. The van der Waals surface area contributed by atoms with E-state index in [1.54, 1.807) is 18.0 Å². The van der Waals surface area contributed by atoms with E-state index in [0.29, 0.717) is 29.3 Å². The SMILES string of the molecule is COc1cc(C2CCN(CCN(C)C)CC2)cnc1Cn1ncc2nc(N)nc(N)c21. The van der Waals surface area contributed by atoms with Gasteiger partial charge in [0.25, 0.3) is 0 Å². The topological polar surface area (TPSA) is 124 Å². The summed E-state index contributed by atoms with van der Waals surface area (Å²) in [6.45, 7) is 4.86. The average Bonchev–Trinajstić information content (AvgIpc) is 3.15. The van der Waals surface area contributed by atoms with Gasteiger partial charge in [0.2, 0.25) is 5.95 Å². The number of likely N-dealkylation sites (tertiary alicyclic amines) is 1. The summed E-state index contributed by atoms with van der Waals surface area (Å²) in [6.07, 6.45) is 5.88. The lowest BCUT2D eigenvalue weighted by atomic mass is 9.90. The number of nitrogen functional groups attached to an aromatic ring is 2. The molecule has 4 heterocycles. The van der Waals surface area contributed by atoms with Crippen LogP contribution >= 0.6 is 0 Å². The van der Waals surface area contributed by atoms with Crippen molar-refractivity contribution in [2.75, 3.05) is 58.9 Å². The number of nitrogens with two attached hydrogens (primary N) is 2. The van der Waals surface area contributed by atoms with E-state index in [0.717, 1.165) is 50.5 Å². The normalized spacial score (nSPS) is 15.7. The Morgan fingerprint density at radius 3 is 2.65 bits per heavy atom. The van der Waals surface area contributed by atoms with Crippen LogP contribution in [0.2, 0.25) is 0 Å². The molecule has 0 radical (unpaired) electrons. The van der Waals surface area contributed by atoms with Gasteiger partial charge in [-0.1, -0.05) is 0 Å². The largest absolute Gasteiger partial charge is 0.495 e. The number of rotatable bonds is 7. The third-order valence-corrected chi connectivity index (χ3v) is 5.93. The summed E-state index contributed by atoms with van der Waals surface area (Å²) >= 11 is 0. The molecule has 0 unspecified atom stereocenters. The van der Waals surface area contributed by atoms with Crippen LogP contribution in [0.25, 0.3) is 11.0 Å². The first kappa shape index (κ1) is 21.3. The van der Waals surface area contributed by atoms with Crippen molar-refractivity contribution < 1.29 is 4.74 Å². The Morgan fingerprint density at radius 2 is 1.94 bits per heavy atom. The molecule has 1 aliphatic rings. The molecule has 10 heteroatoms. The molecular weight excluding hydrogens is 394 g/mol. The van der Waals surface area contributed by atoms with E-state index in [1.165, 1.54) is 5.56 Å². The van der Waals surface area contributed by atoms with E-state index >= 15 is 0 Å². The van der Waals surface area contributed by atoms with E-state index < -0.39 is 0 Å². The lowest BCUT2D eigenvalue weighted by Gasteiger charge is -2.32. The summed E-state index contributed by atoms with van der Waals surface area (Å²) < 4.78 is 7.41. The molecule has 1 saturated heterocycles. The fourth-order valence-electron chi connectivity index (χ4n) is 4.15. The van der Waals surface area contributed by atoms with Crippen molar-refractivity contribution in [1.29, 1.82) is 0 Å². The lowest BCUT2D eigenvalue weighted by Crippen LogP contribution is -2.37. The van der Waals surface area contributed by atoms with Gasteiger partial charge in [-0.05, 0) is 57.6 Å². The molecule has 0 aliphatic carbocycles. The molecule has 3 aromatic rings. The Hall–Kier alpha value is -2.98. The van der Waals surface area contributed by atoms with Crippen molar-refractivity contribution in [1.82, 2.24) is 34.5 Å².